The molecule has 0 saturated heterocycles. The molecule has 1 aliphatic rings. The third-order valence-corrected chi connectivity index (χ3v) is 6.31. The van der Waals surface area contributed by atoms with Gasteiger partial charge in [-0.15, -0.1) is 0 Å². The molecule has 2 aromatic carbocycles. The van der Waals surface area contributed by atoms with Gasteiger partial charge in [0.15, 0.2) is 0 Å². The summed E-state index contributed by atoms with van der Waals surface area (Å²) in [6.07, 6.45) is 5.21. The minimum atomic E-state index is -0.611. The monoisotopic (exact) mass is 510 g/mol. The van der Waals surface area contributed by atoms with Gasteiger partial charge in [0.25, 0.3) is 0 Å². The molecule has 0 aliphatic carbocycles. The summed E-state index contributed by atoms with van der Waals surface area (Å²) in [6, 6.07) is 14.7. The minimum Gasteiger partial charge on any atom is -0.463 e. The average Bonchev–Trinajstić information content (AvgIpc) is 2.89. The summed E-state index contributed by atoms with van der Waals surface area (Å²) >= 11 is 0. The lowest BCUT2D eigenvalue weighted by Gasteiger charge is -2.23. The summed E-state index contributed by atoms with van der Waals surface area (Å²) in [7, 11) is 0. The van der Waals surface area contributed by atoms with Crippen molar-refractivity contribution in [3.05, 3.63) is 83.7 Å². The molecular weight excluding hydrogens is 475 g/mol. The second-order valence-corrected chi connectivity index (χ2v) is 9.55. The van der Waals surface area contributed by atoms with E-state index in [4.69, 9.17) is 4.74 Å². The van der Waals surface area contributed by atoms with E-state index in [0.29, 0.717) is 25.7 Å². The molecule has 4 atom stereocenters. The van der Waals surface area contributed by atoms with E-state index < -0.39 is 23.9 Å². The van der Waals surface area contributed by atoms with E-state index in [9.17, 15) is 23.9 Å². The van der Waals surface area contributed by atoms with E-state index >= 15 is 0 Å². The van der Waals surface area contributed by atoms with Crippen molar-refractivity contribution < 1.29 is 28.6 Å². The van der Waals surface area contributed by atoms with Crippen molar-refractivity contribution in [1.82, 2.24) is 10.6 Å². The third kappa shape index (κ3) is 9.46. The number of hydrogen-bond acceptors (Lipinski definition) is 5. The van der Waals surface area contributed by atoms with Crippen molar-refractivity contribution in [3.63, 3.8) is 0 Å². The molecule has 2 amide bonds. The Kier molecular flexibility index (Phi) is 10.8. The molecule has 0 radical (unpaired) electrons. The summed E-state index contributed by atoms with van der Waals surface area (Å²) in [6.45, 7) is 1.53. The fourth-order valence-corrected chi connectivity index (χ4v) is 4.27. The third-order valence-electron chi connectivity index (χ3n) is 6.31. The van der Waals surface area contributed by atoms with Gasteiger partial charge in [-0.1, -0.05) is 54.6 Å². The van der Waals surface area contributed by atoms with Crippen molar-refractivity contribution in [1.29, 1.82) is 0 Å². The zero-order chi connectivity index (χ0) is 26.6. The van der Waals surface area contributed by atoms with Crippen LogP contribution in [0.15, 0.2) is 66.7 Å². The molecule has 1 aliphatic heterocycles. The molecule has 37 heavy (non-hydrogen) atoms. The van der Waals surface area contributed by atoms with Gasteiger partial charge in [-0.25, -0.2) is 4.39 Å². The van der Waals surface area contributed by atoms with Gasteiger partial charge in [0.2, 0.25) is 11.8 Å². The number of rotatable bonds is 8. The highest BCUT2D eigenvalue weighted by Crippen LogP contribution is 2.18. The first kappa shape index (κ1) is 28.1. The number of hydrogen-bond donors (Lipinski definition) is 3. The average molecular weight is 511 g/mol. The van der Waals surface area contributed by atoms with E-state index in [2.05, 4.69) is 10.6 Å². The van der Waals surface area contributed by atoms with Gasteiger partial charge in [0.1, 0.15) is 12.4 Å². The number of allylic oxidation sites excluding steroid dienone is 2. The Labute approximate surface area is 217 Å². The largest absolute Gasteiger partial charge is 0.463 e. The first-order valence-corrected chi connectivity index (χ1v) is 12.6. The van der Waals surface area contributed by atoms with Crippen molar-refractivity contribution in [2.45, 2.75) is 51.1 Å². The Morgan fingerprint density at radius 3 is 2.41 bits per heavy atom. The molecule has 3 N–H and O–H groups in total. The van der Waals surface area contributed by atoms with Crippen LogP contribution in [0.3, 0.4) is 0 Å². The van der Waals surface area contributed by atoms with Gasteiger partial charge in [-0.3, -0.25) is 14.4 Å². The van der Waals surface area contributed by atoms with Crippen LogP contribution in [0.5, 0.6) is 0 Å². The minimum absolute atomic E-state index is 0.0107. The van der Waals surface area contributed by atoms with Crippen LogP contribution < -0.4 is 10.6 Å². The molecule has 0 aromatic heterocycles. The Morgan fingerprint density at radius 2 is 1.73 bits per heavy atom. The highest BCUT2D eigenvalue weighted by Gasteiger charge is 2.26. The maximum atomic E-state index is 13.3. The van der Waals surface area contributed by atoms with Crippen LogP contribution >= 0.6 is 0 Å². The number of esters is 1. The first-order chi connectivity index (χ1) is 17.8. The lowest BCUT2D eigenvalue weighted by atomic mass is 9.94. The van der Waals surface area contributed by atoms with Crippen LogP contribution in [-0.2, 0) is 32.0 Å². The SMILES string of the molecule is C[C@@H]1COC(=O)[C@@H](Cc2ccc(F)cc2)C/C=C\C[C@@H](CC(=O)N[C@H](CO)Cc2ccccc2)C(=O)N1. The van der Waals surface area contributed by atoms with Gasteiger partial charge >= 0.3 is 5.97 Å². The van der Waals surface area contributed by atoms with Crippen LogP contribution in [0, 0.1) is 17.7 Å². The summed E-state index contributed by atoms with van der Waals surface area (Å²) in [5.41, 5.74) is 1.82. The lowest BCUT2D eigenvalue weighted by Crippen LogP contribution is -2.44. The van der Waals surface area contributed by atoms with Gasteiger partial charge in [0, 0.05) is 6.42 Å². The molecule has 8 heteroatoms. The van der Waals surface area contributed by atoms with E-state index in [1.165, 1.54) is 12.1 Å². The molecule has 0 saturated carbocycles. The van der Waals surface area contributed by atoms with E-state index in [0.717, 1.165) is 11.1 Å². The molecule has 0 unspecified atom stereocenters. The fourth-order valence-electron chi connectivity index (χ4n) is 4.27. The van der Waals surface area contributed by atoms with Crippen molar-refractivity contribution in [3.8, 4) is 0 Å². The summed E-state index contributed by atoms with van der Waals surface area (Å²) in [5.74, 6) is -2.39. The number of aliphatic hydroxyl groups is 1. The smallest absolute Gasteiger partial charge is 0.309 e. The van der Waals surface area contributed by atoms with Crippen LogP contribution in [0.25, 0.3) is 0 Å². The fraction of sp³-hybridized carbons (Fsp3) is 0.414. The predicted molar refractivity (Wildman–Crippen MR) is 138 cm³/mol. The molecule has 2 aromatic rings. The number of carbonyl (C=O) groups excluding carboxylic acids is 3. The van der Waals surface area contributed by atoms with Crippen molar-refractivity contribution in [2.75, 3.05) is 13.2 Å². The normalized spacial score (nSPS) is 22.5. The number of nitrogens with one attached hydrogen (secondary N) is 2. The number of aliphatic hydroxyl groups excluding tert-OH is 1. The summed E-state index contributed by atoms with van der Waals surface area (Å²) in [5, 5.41) is 15.4. The van der Waals surface area contributed by atoms with Crippen LogP contribution in [0.2, 0.25) is 0 Å². The molecule has 3 rings (SSSR count). The zero-order valence-corrected chi connectivity index (χ0v) is 21.1. The van der Waals surface area contributed by atoms with Gasteiger partial charge in [-0.2, -0.15) is 0 Å². The lowest BCUT2D eigenvalue weighted by molar-refractivity contribution is -0.149. The van der Waals surface area contributed by atoms with Crippen LogP contribution in [0.1, 0.15) is 37.3 Å². The van der Waals surface area contributed by atoms with Crippen LogP contribution in [-0.4, -0.2) is 48.2 Å². The number of carbonyl (C=O) groups is 3. The first-order valence-electron chi connectivity index (χ1n) is 12.6. The molecule has 198 valence electrons. The second-order valence-electron chi connectivity index (χ2n) is 9.55. The Morgan fingerprint density at radius 1 is 1.05 bits per heavy atom. The molecular formula is C29H35FN2O5. The van der Waals surface area contributed by atoms with E-state index in [1.807, 2.05) is 42.5 Å². The van der Waals surface area contributed by atoms with E-state index in [1.54, 1.807) is 19.1 Å². The maximum absolute atomic E-state index is 13.3. The number of amides is 2. The number of benzene rings is 2. The molecule has 0 spiro atoms. The standard InChI is InChI=1S/C29H35FN2O5/c1-20-19-37-29(36)24(15-22-11-13-25(30)14-12-22)10-6-5-9-23(28(35)31-20)17-27(34)32-26(18-33)16-21-7-3-2-4-8-21/h2-8,11-14,20,23-24,26,33H,9-10,15-19H2,1H3,(H,31,35)(H,32,34)/b6-5-/t20-,23+,24-,26+/m1/s1. The van der Waals surface area contributed by atoms with Gasteiger partial charge in [-0.05, 0) is 55.9 Å². The Balaban J connectivity index is 1.63. The highest BCUT2D eigenvalue weighted by molar-refractivity contribution is 5.86. The molecule has 7 nitrogen and oxygen atoms in total. The van der Waals surface area contributed by atoms with E-state index in [-0.39, 0.29) is 43.2 Å². The second kappa shape index (κ2) is 14.3. The van der Waals surface area contributed by atoms with Crippen molar-refractivity contribution in [2.24, 2.45) is 11.8 Å². The number of ether oxygens (including phenoxy) is 1. The highest BCUT2D eigenvalue weighted by atomic mass is 19.1. The molecule has 0 bridgehead atoms. The molecule has 0 fully saturated rings. The zero-order valence-electron chi connectivity index (χ0n) is 21.1. The predicted octanol–water partition coefficient (Wildman–Crippen LogP) is 3.11. The number of cyclic esters (lactones) is 1. The molecule has 1 heterocycles. The van der Waals surface area contributed by atoms with Gasteiger partial charge in [0.05, 0.1) is 30.5 Å². The topological polar surface area (TPSA) is 105 Å². The quantitative estimate of drug-likeness (QED) is 0.374. The Bertz CT molecular complexity index is 1060. The summed E-state index contributed by atoms with van der Waals surface area (Å²) < 4.78 is 18.7. The number of halogens is 1. The Hall–Kier alpha value is -3.52. The van der Waals surface area contributed by atoms with Crippen LogP contribution in [0.4, 0.5) is 4.39 Å². The maximum Gasteiger partial charge on any atom is 0.309 e. The van der Waals surface area contributed by atoms with Gasteiger partial charge < -0.3 is 20.5 Å². The summed E-state index contributed by atoms with van der Waals surface area (Å²) in [4.78, 5) is 38.3. The van der Waals surface area contributed by atoms with Crippen molar-refractivity contribution >= 4 is 17.8 Å².